The van der Waals surface area contributed by atoms with Crippen LogP contribution in [0.15, 0.2) is 23.9 Å². The molecule has 0 aromatic heterocycles. The van der Waals surface area contributed by atoms with E-state index in [0.29, 0.717) is 6.04 Å². The summed E-state index contributed by atoms with van der Waals surface area (Å²) >= 11 is 0. The maximum Gasteiger partial charge on any atom is 0.0351 e. The number of rotatable bonds is 6. The third-order valence-corrected chi connectivity index (χ3v) is 4.65. The van der Waals surface area contributed by atoms with Gasteiger partial charge >= 0.3 is 0 Å². The average molecular weight is 264 g/mol. The van der Waals surface area contributed by atoms with Gasteiger partial charge in [-0.15, -0.1) is 0 Å². The van der Waals surface area contributed by atoms with Gasteiger partial charge in [0, 0.05) is 24.3 Å². The molecular weight excluding hydrogens is 232 g/mol. The Labute approximate surface area is 120 Å². The van der Waals surface area contributed by atoms with Crippen LogP contribution in [0.4, 0.5) is 0 Å². The van der Waals surface area contributed by atoms with Crippen LogP contribution in [0.3, 0.4) is 0 Å². The number of hydrogen-bond acceptors (Lipinski definition) is 2. The van der Waals surface area contributed by atoms with Crippen molar-refractivity contribution >= 4 is 0 Å². The Hall–Kier alpha value is -0.760. The second-order valence-corrected chi connectivity index (χ2v) is 5.94. The van der Waals surface area contributed by atoms with Crippen molar-refractivity contribution in [1.82, 2.24) is 9.80 Å². The van der Waals surface area contributed by atoms with Gasteiger partial charge in [-0.3, -0.25) is 0 Å². The maximum atomic E-state index is 4.03. The van der Waals surface area contributed by atoms with Gasteiger partial charge in [0.1, 0.15) is 0 Å². The molecule has 1 aliphatic rings. The van der Waals surface area contributed by atoms with E-state index in [-0.39, 0.29) is 0 Å². The molecule has 0 amide bonds. The molecule has 1 fully saturated rings. The van der Waals surface area contributed by atoms with E-state index in [1.54, 1.807) is 0 Å². The third-order valence-electron chi connectivity index (χ3n) is 4.65. The van der Waals surface area contributed by atoms with Gasteiger partial charge in [0.25, 0.3) is 0 Å². The zero-order chi connectivity index (χ0) is 14.4. The molecule has 0 atom stereocenters. The fourth-order valence-corrected chi connectivity index (χ4v) is 3.23. The van der Waals surface area contributed by atoms with Gasteiger partial charge in [-0.2, -0.15) is 0 Å². The lowest BCUT2D eigenvalue weighted by atomic mass is 9.89. The van der Waals surface area contributed by atoms with E-state index in [2.05, 4.69) is 57.3 Å². The molecule has 19 heavy (non-hydrogen) atoms. The molecule has 0 spiro atoms. The fourth-order valence-electron chi connectivity index (χ4n) is 3.23. The van der Waals surface area contributed by atoms with Gasteiger partial charge in [-0.05, 0) is 66.1 Å². The SMILES string of the molecule is C=C/C(=C(/C)CC)N(CC)C1CCC(N(C)C)CC1. The summed E-state index contributed by atoms with van der Waals surface area (Å²) in [5.41, 5.74) is 2.84. The Morgan fingerprint density at radius 1 is 1.11 bits per heavy atom. The molecule has 0 N–H and O–H groups in total. The van der Waals surface area contributed by atoms with Gasteiger partial charge in [-0.25, -0.2) is 0 Å². The summed E-state index contributed by atoms with van der Waals surface area (Å²) in [5.74, 6) is 0. The first-order valence-corrected chi connectivity index (χ1v) is 7.80. The molecule has 2 heteroatoms. The minimum absolute atomic E-state index is 0.704. The standard InChI is InChI=1S/C17H32N2/c1-7-14(4)17(8-2)19(9-3)16-12-10-15(11-13-16)18(5)6/h8,15-16H,2,7,9-13H2,1,3-6H3/b17-14+. The van der Waals surface area contributed by atoms with Crippen LogP contribution in [0.1, 0.15) is 52.9 Å². The van der Waals surface area contributed by atoms with Crippen molar-refractivity contribution < 1.29 is 0 Å². The van der Waals surface area contributed by atoms with Crippen molar-refractivity contribution in [2.24, 2.45) is 0 Å². The number of hydrogen-bond donors (Lipinski definition) is 0. The number of nitrogens with zero attached hydrogens (tertiary/aromatic N) is 2. The topological polar surface area (TPSA) is 6.48 Å². The van der Waals surface area contributed by atoms with E-state index in [0.717, 1.165) is 19.0 Å². The van der Waals surface area contributed by atoms with E-state index in [4.69, 9.17) is 0 Å². The Morgan fingerprint density at radius 2 is 1.63 bits per heavy atom. The van der Waals surface area contributed by atoms with Crippen LogP contribution < -0.4 is 0 Å². The molecule has 0 unspecified atom stereocenters. The Bertz CT molecular complexity index is 309. The summed E-state index contributed by atoms with van der Waals surface area (Å²) in [4.78, 5) is 4.96. The summed E-state index contributed by atoms with van der Waals surface area (Å²) in [6, 6.07) is 1.48. The molecule has 0 aromatic carbocycles. The van der Waals surface area contributed by atoms with Crippen LogP contribution in [0, 0.1) is 0 Å². The predicted octanol–water partition coefficient (Wildman–Crippen LogP) is 4.05. The largest absolute Gasteiger partial charge is 0.369 e. The summed E-state index contributed by atoms with van der Waals surface area (Å²) in [6.07, 6.45) is 8.44. The lowest BCUT2D eigenvalue weighted by molar-refractivity contribution is 0.149. The molecule has 0 aliphatic heterocycles. The van der Waals surface area contributed by atoms with Crippen LogP contribution >= 0.6 is 0 Å². The molecule has 0 bridgehead atoms. The molecule has 0 radical (unpaired) electrons. The molecule has 1 saturated carbocycles. The van der Waals surface area contributed by atoms with Crippen molar-refractivity contribution in [2.45, 2.75) is 65.0 Å². The lowest BCUT2D eigenvalue weighted by Crippen LogP contribution is -2.41. The average Bonchev–Trinajstić information content (AvgIpc) is 2.44. The Kier molecular flexibility index (Phi) is 6.64. The van der Waals surface area contributed by atoms with E-state index in [1.165, 1.54) is 37.0 Å². The fraction of sp³-hybridized carbons (Fsp3) is 0.765. The van der Waals surface area contributed by atoms with Gasteiger partial charge in [0.15, 0.2) is 0 Å². The maximum absolute atomic E-state index is 4.03. The highest BCUT2D eigenvalue weighted by Crippen LogP contribution is 2.29. The highest BCUT2D eigenvalue weighted by molar-refractivity contribution is 5.22. The predicted molar refractivity (Wildman–Crippen MR) is 85.3 cm³/mol. The van der Waals surface area contributed by atoms with Crippen LogP contribution in [0.2, 0.25) is 0 Å². The first-order valence-electron chi connectivity index (χ1n) is 7.80. The van der Waals surface area contributed by atoms with Crippen molar-refractivity contribution in [3.8, 4) is 0 Å². The Morgan fingerprint density at radius 3 is 2.00 bits per heavy atom. The van der Waals surface area contributed by atoms with Crippen LogP contribution in [-0.2, 0) is 0 Å². The zero-order valence-electron chi connectivity index (χ0n) is 13.6. The lowest BCUT2D eigenvalue weighted by Gasteiger charge is -2.40. The summed E-state index contributed by atoms with van der Waals surface area (Å²) in [6.45, 7) is 11.9. The van der Waals surface area contributed by atoms with Gasteiger partial charge < -0.3 is 9.80 Å². The van der Waals surface area contributed by atoms with E-state index >= 15 is 0 Å². The van der Waals surface area contributed by atoms with Crippen LogP contribution in [-0.4, -0.2) is 42.5 Å². The minimum atomic E-state index is 0.704. The van der Waals surface area contributed by atoms with Crippen molar-refractivity contribution in [3.63, 3.8) is 0 Å². The van der Waals surface area contributed by atoms with E-state index in [1.807, 2.05) is 0 Å². The summed E-state index contributed by atoms with van der Waals surface area (Å²) < 4.78 is 0. The third kappa shape index (κ3) is 4.10. The highest BCUT2D eigenvalue weighted by Gasteiger charge is 2.26. The molecule has 0 saturated heterocycles. The van der Waals surface area contributed by atoms with Crippen LogP contribution in [0.25, 0.3) is 0 Å². The van der Waals surface area contributed by atoms with Crippen molar-refractivity contribution in [2.75, 3.05) is 20.6 Å². The first-order chi connectivity index (χ1) is 9.04. The highest BCUT2D eigenvalue weighted by atomic mass is 15.2. The summed E-state index contributed by atoms with van der Waals surface area (Å²) in [7, 11) is 4.41. The first kappa shape index (κ1) is 16.3. The second-order valence-electron chi connectivity index (χ2n) is 5.94. The molecule has 0 aromatic rings. The number of allylic oxidation sites excluding steroid dienone is 2. The number of likely N-dealkylation sites (N-methyl/N-ethyl adjacent to an activating group) is 1. The van der Waals surface area contributed by atoms with Crippen molar-refractivity contribution in [3.05, 3.63) is 23.9 Å². The normalized spacial score (nSPS) is 25.2. The molecular formula is C17H32N2. The van der Waals surface area contributed by atoms with Crippen molar-refractivity contribution in [1.29, 1.82) is 0 Å². The van der Waals surface area contributed by atoms with E-state index in [9.17, 15) is 0 Å². The zero-order valence-corrected chi connectivity index (χ0v) is 13.6. The van der Waals surface area contributed by atoms with Gasteiger partial charge in [-0.1, -0.05) is 19.1 Å². The van der Waals surface area contributed by atoms with E-state index < -0.39 is 0 Å². The van der Waals surface area contributed by atoms with Gasteiger partial charge in [0.05, 0.1) is 0 Å². The molecule has 2 nitrogen and oxygen atoms in total. The van der Waals surface area contributed by atoms with Crippen LogP contribution in [0.5, 0.6) is 0 Å². The molecule has 110 valence electrons. The monoisotopic (exact) mass is 264 g/mol. The molecule has 0 heterocycles. The molecule has 1 aliphatic carbocycles. The Balaban J connectivity index is 2.75. The minimum Gasteiger partial charge on any atom is -0.369 e. The van der Waals surface area contributed by atoms with Gasteiger partial charge in [0.2, 0.25) is 0 Å². The smallest absolute Gasteiger partial charge is 0.0351 e. The second kappa shape index (κ2) is 7.74. The quantitative estimate of drug-likeness (QED) is 0.668. The molecule has 1 rings (SSSR count). The summed E-state index contributed by atoms with van der Waals surface area (Å²) in [5, 5.41) is 0.